The molecule has 0 amide bonds. The van der Waals surface area contributed by atoms with Gasteiger partial charge in [0.05, 0.1) is 0 Å². The lowest BCUT2D eigenvalue weighted by molar-refractivity contribution is -0.176. The second kappa shape index (κ2) is 10.6. The van der Waals surface area contributed by atoms with Gasteiger partial charge in [-0.1, -0.05) is 0 Å². The molecule has 0 saturated heterocycles. The quantitative estimate of drug-likeness (QED) is 0.179. The van der Waals surface area contributed by atoms with E-state index in [4.69, 9.17) is 28.0 Å². The minimum Gasteiger partial charge on any atom is -0.412 e. The van der Waals surface area contributed by atoms with Crippen LogP contribution in [0.3, 0.4) is 0 Å². The largest absolute Gasteiger partial charge is 0.412 e. The third kappa shape index (κ3) is 2990. The van der Waals surface area contributed by atoms with E-state index >= 15 is 0 Å². The van der Waals surface area contributed by atoms with E-state index in [1.807, 2.05) is 0 Å². The maximum absolute atomic E-state index is 8.74. The number of hydrogen-bond donors (Lipinski definition) is 4. The van der Waals surface area contributed by atoms with Gasteiger partial charge in [-0.25, -0.2) is 0 Å². The molecule has 62 valence electrons. The lowest BCUT2D eigenvalue weighted by atomic mass is 15.0. The zero-order chi connectivity index (χ0) is 6.50. The summed E-state index contributed by atoms with van der Waals surface area (Å²) >= 11 is 0. The van der Waals surface area contributed by atoms with E-state index in [2.05, 4.69) is 0 Å². The van der Waals surface area contributed by atoms with Crippen molar-refractivity contribution in [3.63, 3.8) is 0 Å². The highest BCUT2D eigenvalue weighted by atomic mass is 32.3. The Hall–Kier alpha value is -0.290. The molecular weight excluding hydrogens is 160 g/mol. The molecular formula is H8O8S. The molecule has 0 aliphatic carbocycles. The van der Waals surface area contributed by atoms with Crippen molar-refractivity contribution < 1.29 is 39.0 Å². The zero-order valence-electron chi connectivity index (χ0n) is 4.01. The molecule has 0 heterocycles. The first-order valence-corrected chi connectivity index (χ1v) is 2.30. The Morgan fingerprint density at radius 2 is 0.889 bits per heavy atom. The van der Waals surface area contributed by atoms with E-state index < -0.39 is 10.4 Å². The number of rotatable bonds is 0. The van der Waals surface area contributed by atoms with Crippen LogP contribution in [0.4, 0.5) is 0 Å². The van der Waals surface area contributed by atoms with Gasteiger partial charge in [-0.3, -0.25) is 19.6 Å². The van der Waals surface area contributed by atoms with Crippen molar-refractivity contribution in [1.82, 2.24) is 0 Å². The van der Waals surface area contributed by atoms with E-state index in [0.29, 0.717) is 0 Å². The van der Waals surface area contributed by atoms with E-state index in [1.165, 1.54) is 0 Å². The van der Waals surface area contributed by atoms with Crippen molar-refractivity contribution in [2.45, 2.75) is 0 Å². The summed E-state index contributed by atoms with van der Waals surface area (Å²) in [7, 11) is -4.67. The lowest BCUT2D eigenvalue weighted by Gasteiger charge is -1.68. The summed E-state index contributed by atoms with van der Waals surface area (Å²) in [6.45, 7) is 0. The van der Waals surface area contributed by atoms with Gasteiger partial charge in [0.25, 0.3) is 0 Å². The van der Waals surface area contributed by atoms with Gasteiger partial charge < -0.3 is 11.0 Å². The highest BCUT2D eigenvalue weighted by Gasteiger charge is 1.84. The monoisotopic (exact) mass is 168 g/mol. The molecule has 0 bridgehead atoms. The van der Waals surface area contributed by atoms with Gasteiger partial charge in [0.2, 0.25) is 0 Å². The standard InChI is InChI=1S/H2O4S.H2O2.2H2O/c1-5(2,3)4;1-2;;/h(H2,1,2,3,4);1-2H;2*1H2. The first kappa shape index (κ1) is 23.3. The van der Waals surface area contributed by atoms with Gasteiger partial charge in [-0.2, -0.15) is 8.42 Å². The summed E-state index contributed by atoms with van der Waals surface area (Å²) in [6, 6.07) is 0. The number of hydrogen-bond acceptors (Lipinski definition) is 4. The molecule has 0 spiro atoms. The van der Waals surface area contributed by atoms with Crippen molar-refractivity contribution in [3.8, 4) is 0 Å². The molecule has 0 aromatic carbocycles. The summed E-state index contributed by atoms with van der Waals surface area (Å²) < 4.78 is 31.6. The van der Waals surface area contributed by atoms with Crippen LogP contribution in [-0.4, -0.2) is 39.0 Å². The van der Waals surface area contributed by atoms with Gasteiger partial charge in [0.1, 0.15) is 0 Å². The third-order valence-corrected chi connectivity index (χ3v) is 0. The Balaban J connectivity index is -0.0000000286. The molecule has 0 aliphatic rings. The fraction of sp³-hybridized carbons (Fsp3) is 0. The molecule has 9 heavy (non-hydrogen) atoms. The molecule has 0 saturated carbocycles. The topological polar surface area (TPSA) is 178 Å². The van der Waals surface area contributed by atoms with Crippen molar-refractivity contribution in [1.29, 1.82) is 0 Å². The van der Waals surface area contributed by atoms with Crippen LogP contribution in [0.5, 0.6) is 0 Å². The van der Waals surface area contributed by atoms with Crippen LogP contribution in [0.2, 0.25) is 0 Å². The molecule has 0 aliphatic heterocycles. The average Bonchev–Trinajstić information content (AvgIpc) is 1.36. The predicted octanol–water partition coefficient (Wildman–Crippen LogP) is -2.28. The van der Waals surface area contributed by atoms with Crippen LogP contribution in [0.1, 0.15) is 0 Å². The maximum atomic E-state index is 8.74. The van der Waals surface area contributed by atoms with Gasteiger partial charge >= 0.3 is 10.4 Å². The summed E-state index contributed by atoms with van der Waals surface area (Å²) in [5.74, 6) is 0. The second-order valence-corrected chi connectivity index (χ2v) is 1.34. The van der Waals surface area contributed by atoms with E-state index in [-0.39, 0.29) is 11.0 Å². The highest BCUT2D eigenvalue weighted by molar-refractivity contribution is 7.79. The van der Waals surface area contributed by atoms with Gasteiger partial charge in [-0.05, 0) is 0 Å². The van der Waals surface area contributed by atoms with Crippen molar-refractivity contribution in [2.75, 3.05) is 0 Å². The molecule has 0 radical (unpaired) electrons. The summed E-state index contributed by atoms with van der Waals surface area (Å²) in [4.78, 5) is 0. The molecule has 0 aromatic rings. The lowest BCUT2D eigenvalue weighted by Crippen LogP contribution is -1.89. The first-order chi connectivity index (χ1) is 3.00. The smallest absolute Gasteiger partial charge is 0.394 e. The molecule has 0 atom stereocenters. The average molecular weight is 168 g/mol. The van der Waals surface area contributed by atoms with Crippen LogP contribution >= 0.6 is 0 Å². The van der Waals surface area contributed by atoms with Crippen molar-refractivity contribution >= 4 is 10.4 Å². The highest BCUT2D eigenvalue weighted by Crippen LogP contribution is 1.59. The molecule has 0 rings (SSSR count). The van der Waals surface area contributed by atoms with Crippen LogP contribution in [-0.2, 0) is 10.4 Å². The minimum absolute atomic E-state index is 0. The zero-order valence-corrected chi connectivity index (χ0v) is 4.83. The Morgan fingerprint density at radius 1 is 0.889 bits per heavy atom. The molecule has 0 fully saturated rings. The second-order valence-electron chi connectivity index (χ2n) is 0.448. The molecule has 0 unspecified atom stereocenters. The normalized spacial score (nSPS) is 7.11. The van der Waals surface area contributed by atoms with E-state index in [9.17, 15) is 0 Å². The van der Waals surface area contributed by atoms with Crippen LogP contribution in [0, 0.1) is 0 Å². The summed E-state index contributed by atoms with van der Waals surface area (Å²) in [5, 5.41) is 12.0. The summed E-state index contributed by atoms with van der Waals surface area (Å²) in [6.07, 6.45) is 0. The third-order valence-electron chi connectivity index (χ3n) is 0. The van der Waals surface area contributed by atoms with Crippen LogP contribution < -0.4 is 0 Å². The van der Waals surface area contributed by atoms with Crippen LogP contribution in [0.15, 0.2) is 0 Å². The SMILES string of the molecule is O.O.O=S(=O)(O)O.OO. The van der Waals surface area contributed by atoms with Gasteiger partial charge in [0, 0.05) is 0 Å². The van der Waals surface area contributed by atoms with Crippen LogP contribution in [0.25, 0.3) is 0 Å². The Morgan fingerprint density at radius 3 is 0.889 bits per heavy atom. The fourth-order valence-electron chi connectivity index (χ4n) is 0. The molecule has 8 nitrogen and oxygen atoms in total. The van der Waals surface area contributed by atoms with Gasteiger partial charge in [-0.15, -0.1) is 0 Å². The Bertz CT molecular complexity index is 87.7. The van der Waals surface area contributed by atoms with Crippen molar-refractivity contribution in [2.24, 2.45) is 0 Å². The minimum atomic E-state index is -4.67. The molecule has 9 heteroatoms. The molecule has 0 aromatic heterocycles. The van der Waals surface area contributed by atoms with E-state index in [1.54, 1.807) is 0 Å². The van der Waals surface area contributed by atoms with Gasteiger partial charge in [0.15, 0.2) is 0 Å². The van der Waals surface area contributed by atoms with Crippen molar-refractivity contribution in [3.05, 3.63) is 0 Å². The Labute approximate surface area is 50.5 Å². The molecule has 8 N–H and O–H groups in total. The first-order valence-electron chi connectivity index (χ1n) is 0.898. The fourth-order valence-corrected chi connectivity index (χ4v) is 0. The summed E-state index contributed by atoms with van der Waals surface area (Å²) in [5.41, 5.74) is 0. The Kier molecular flexibility index (Phi) is 27.6. The maximum Gasteiger partial charge on any atom is 0.394 e. The predicted molar refractivity (Wildman–Crippen MR) is 26.7 cm³/mol. The van der Waals surface area contributed by atoms with E-state index in [0.717, 1.165) is 0 Å².